The maximum absolute atomic E-state index is 11.2. The highest BCUT2D eigenvalue weighted by molar-refractivity contribution is 5.70. The Kier molecular flexibility index (Phi) is 4.37. The number of benzene rings is 1. The number of hydrogen-bond donors (Lipinski definition) is 1. The first-order chi connectivity index (χ1) is 11.0. The van der Waals surface area contributed by atoms with Crippen LogP contribution in [0.2, 0.25) is 0 Å². The molecule has 0 saturated heterocycles. The Balaban J connectivity index is 1.95. The van der Waals surface area contributed by atoms with Crippen LogP contribution in [0.5, 0.6) is 17.2 Å². The molecule has 1 N–H and O–H groups in total. The van der Waals surface area contributed by atoms with Gasteiger partial charge in [-0.05, 0) is 37.2 Å². The Labute approximate surface area is 136 Å². The van der Waals surface area contributed by atoms with Crippen LogP contribution in [0.1, 0.15) is 44.6 Å². The second-order valence-electron chi connectivity index (χ2n) is 6.70. The van der Waals surface area contributed by atoms with Gasteiger partial charge in [-0.25, -0.2) is 0 Å². The molecular formula is C18H24O5. The van der Waals surface area contributed by atoms with E-state index in [9.17, 15) is 9.90 Å². The summed E-state index contributed by atoms with van der Waals surface area (Å²) in [6.07, 6.45) is 3.92. The average molecular weight is 320 g/mol. The molecular weight excluding hydrogens is 296 g/mol. The Bertz CT molecular complexity index is 587. The van der Waals surface area contributed by atoms with Crippen molar-refractivity contribution in [1.29, 1.82) is 0 Å². The monoisotopic (exact) mass is 320 g/mol. The topological polar surface area (TPSA) is 65.0 Å². The lowest BCUT2D eigenvalue weighted by molar-refractivity contribution is -0.143. The van der Waals surface area contributed by atoms with Gasteiger partial charge in [-0.1, -0.05) is 13.0 Å². The van der Waals surface area contributed by atoms with Crippen molar-refractivity contribution in [2.45, 2.75) is 44.4 Å². The van der Waals surface area contributed by atoms with Crippen LogP contribution >= 0.6 is 0 Å². The summed E-state index contributed by atoms with van der Waals surface area (Å²) in [5.41, 5.74) is 1.02. The van der Waals surface area contributed by atoms with Crippen LogP contribution in [0.3, 0.4) is 0 Å². The first-order valence-corrected chi connectivity index (χ1v) is 8.25. The molecule has 1 fully saturated rings. The second kappa shape index (κ2) is 6.30. The molecule has 1 heterocycles. The van der Waals surface area contributed by atoms with E-state index >= 15 is 0 Å². The zero-order valence-corrected chi connectivity index (χ0v) is 13.8. The largest absolute Gasteiger partial charge is 0.493 e. The maximum Gasteiger partial charge on any atom is 0.306 e. The molecule has 2 aliphatic rings. The zero-order valence-electron chi connectivity index (χ0n) is 13.8. The van der Waals surface area contributed by atoms with Crippen LogP contribution in [0, 0.1) is 5.92 Å². The highest BCUT2D eigenvalue weighted by Gasteiger charge is 2.38. The van der Waals surface area contributed by atoms with Gasteiger partial charge in [0.1, 0.15) is 0 Å². The number of rotatable bonds is 3. The standard InChI is InChI=1S/C18H24O5/c1-18(8-6-12(7-9-18)17(19)20)13-4-5-14(21-2)16-15(13)22-10-3-11-23-16/h4-5,12H,3,6-11H2,1-2H3,(H,19,20). The van der Waals surface area contributed by atoms with Crippen LogP contribution in [0.4, 0.5) is 0 Å². The molecule has 0 bridgehead atoms. The minimum atomic E-state index is -0.680. The van der Waals surface area contributed by atoms with E-state index in [1.54, 1.807) is 7.11 Å². The number of carboxylic acid groups (broad SMARTS) is 1. The van der Waals surface area contributed by atoms with Crippen LogP contribution in [-0.2, 0) is 10.2 Å². The summed E-state index contributed by atoms with van der Waals surface area (Å²) in [6, 6.07) is 3.98. The fraction of sp³-hybridized carbons (Fsp3) is 0.611. The van der Waals surface area contributed by atoms with Crippen molar-refractivity contribution in [3.63, 3.8) is 0 Å². The third kappa shape index (κ3) is 2.96. The highest BCUT2D eigenvalue weighted by Crippen LogP contribution is 2.50. The van der Waals surface area contributed by atoms with E-state index in [4.69, 9.17) is 14.2 Å². The first kappa shape index (κ1) is 16.0. The number of carboxylic acids is 1. The van der Waals surface area contributed by atoms with Gasteiger partial charge in [0.2, 0.25) is 5.75 Å². The number of methoxy groups -OCH3 is 1. The zero-order chi connectivity index (χ0) is 16.4. The smallest absolute Gasteiger partial charge is 0.306 e. The Morgan fingerprint density at radius 1 is 1.22 bits per heavy atom. The van der Waals surface area contributed by atoms with E-state index in [0.29, 0.717) is 37.6 Å². The predicted octanol–water partition coefficient (Wildman–Crippen LogP) is 3.39. The summed E-state index contributed by atoms with van der Waals surface area (Å²) in [4.78, 5) is 11.2. The van der Waals surface area contributed by atoms with Crippen molar-refractivity contribution >= 4 is 5.97 Å². The lowest BCUT2D eigenvalue weighted by atomic mass is 9.67. The van der Waals surface area contributed by atoms with Gasteiger partial charge in [-0.2, -0.15) is 0 Å². The van der Waals surface area contributed by atoms with Gasteiger partial charge >= 0.3 is 5.97 Å². The molecule has 1 saturated carbocycles. The van der Waals surface area contributed by atoms with E-state index < -0.39 is 5.97 Å². The Hall–Kier alpha value is -1.91. The van der Waals surface area contributed by atoms with Crippen LogP contribution in [0.15, 0.2) is 12.1 Å². The van der Waals surface area contributed by atoms with E-state index in [0.717, 1.165) is 30.6 Å². The fourth-order valence-corrected chi connectivity index (χ4v) is 3.64. The number of ether oxygens (including phenoxy) is 3. The molecule has 1 aromatic rings. The van der Waals surface area contributed by atoms with E-state index in [1.807, 2.05) is 12.1 Å². The van der Waals surface area contributed by atoms with Crippen molar-refractivity contribution in [3.8, 4) is 17.2 Å². The molecule has 0 radical (unpaired) electrons. The van der Waals surface area contributed by atoms with Gasteiger partial charge < -0.3 is 19.3 Å². The van der Waals surface area contributed by atoms with Crippen molar-refractivity contribution < 1.29 is 24.1 Å². The quantitative estimate of drug-likeness (QED) is 0.925. The Morgan fingerprint density at radius 2 is 1.87 bits per heavy atom. The summed E-state index contributed by atoms with van der Waals surface area (Å²) in [7, 11) is 1.63. The molecule has 0 atom stereocenters. The molecule has 0 aromatic heterocycles. The summed E-state index contributed by atoms with van der Waals surface area (Å²) in [5, 5.41) is 9.22. The SMILES string of the molecule is COc1ccc(C2(C)CCC(C(=O)O)CC2)c2c1OCCCO2. The minimum Gasteiger partial charge on any atom is -0.493 e. The molecule has 0 spiro atoms. The minimum absolute atomic E-state index is 0.0873. The number of hydrogen-bond acceptors (Lipinski definition) is 4. The van der Waals surface area contributed by atoms with Gasteiger partial charge in [-0.15, -0.1) is 0 Å². The number of fused-ring (bicyclic) bond motifs is 1. The predicted molar refractivity (Wildman–Crippen MR) is 85.5 cm³/mol. The molecule has 1 aliphatic heterocycles. The molecule has 126 valence electrons. The maximum atomic E-state index is 11.2. The summed E-state index contributed by atoms with van der Waals surface area (Å²) in [6.45, 7) is 3.44. The molecule has 0 amide bonds. The molecule has 1 aliphatic carbocycles. The van der Waals surface area contributed by atoms with E-state index in [2.05, 4.69) is 6.92 Å². The van der Waals surface area contributed by atoms with Crippen molar-refractivity contribution in [3.05, 3.63) is 17.7 Å². The fourth-order valence-electron chi connectivity index (χ4n) is 3.64. The molecule has 5 nitrogen and oxygen atoms in total. The third-order valence-electron chi connectivity index (χ3n) is 5.17. The molecule has 3 rings (SSSR count). The van der Waals surface area contributed by atoms with E-state index in [1.165, 1.54) is 0 Å². The molecule has 0 unspecified atom stereocenters. The second-order valence-corrected chi connectivity index (χ2v) is 6.70. The first-order valence-electron chi connectivity index (χ1n) is 8.25. The lowest BCUT2D eigenvalue weighted by Crippen LogP contribution is -2.32. The van der Waals surface area contributed by atoms with Crippen LogP contribution in [-0.4, -0.2) is 31.4 Å². The van der Waals surface area contributed by atoms with Gasteiger partial charge in [0.05, 0.1) is 26.2 Å². The lowest BCUT2D eigenvalue weighted by Gasteiger charge is -2.37. The summed E-state index contributed by atoms with van der Waals surface area (Å²) < 4.78 is 17.3. The van der Waals surface area contributed by atoms with Crippen molar-refractivity contribution in [2.24, 2.45) is 5.92 Å². The molecule has 5 heteroatoms. The van der Waals surface area contributed by atoms with Gasteiger partial charge in [0, 0.05) is 12.0 Å². The molecule has 1 aromatic carbocycles. The van der Waals surface area contributed by atoms with Gasteiger partial charge in [0.25, 0.3) is 0 Å². The van der Waals surface area contributed by atoms with Gasteiger partial charge in [0.15, 0.2) is 11.5 Å². The summed E-state index contributed by atoms with van der Waals surface area (Å²) in [5.74, 6) is 1.24. The number of carbonyl (C=O) groups is 1. The normalized spacial score (nSPS) is 27.1. The van der Waals surface area contributed by atoms with E-state index in [-0.39, 0.29) is 11.3 Å². The molecule has 23 heavy (non-hydrogen) atoms. The van der Waals surface area contributed by atoms with Crippen molar-refractivity contribution in [1.82, 2.24) is 0 Å². The summed E-state index contributed by atoms with van der Waals surface area (Å²) >= 11 is 0. The van der Waals surface area contributed by atoms with Crippen molar-refractivity contribution in [2.75, 3.05) is 20.3 Å². The average Bonchev–Trinajstić information content (AvgIpc) is 2.80. The third-order valence-corrected chi connectivity index (χ3v) is 5.17. The highest BCUT2D eigenvalue weighted by atomic mass is 16.5. The Morgan fingerprint density at radius 3 is 2.48 bits per heavy atom. The van der Waals surface area contributed by atoms with Crippen LogP contribution in [0.25, 0.3) is 0 Å². The van der Waals surface area contributed by atoms with Gasteiger partial charge in [-0.3, -0.25) is 4.79 Å². The van der Waals surface area contributed by atoms with Crippen LogP contribution < -0.4 is 14.2 Å². The number of aliphatic carboxylic acids is 1.